The molecule has 1 aliphatic rings. The van der Waals surface area contributed by atoms with Crippen molar-refractivity contribution in [3.63, 3.8) is 0 Å². The van der Waals surface area contributed by atoms with Gasteiger partial charge >= 0.3 is 0 Å². The van der Waals surface area contributed by atoms with Gasteiger partial charge in [-0.15, -0.1) is 0 Å². The Morgan fingerprint density at radius 1 is 1.19 bits per heavy atom. The van der Waals surface area contributed by atoms with Gasteiger partial charge in [0.2, 0.25) is 0 Å². The highest BCUT2D eigenvalue weighted by Gasteiger charge is 2.30. The number of rotatable bonds is 3. The molecule has 1 atom stereocenters. The van der Waals surface area contributed by atoms with E-state index >= 15 is 0 Å². The van der Waals surface area contributed by atoms with Crippen molar-refractivity contribution in [3.05, 3.63) is 63.6 Å². The number of hydrogen-bond donors (Lipinski definition) is 1. The van der Waals surface area contributed by atoms with Crippen LogP contribution in [0.2, 0.25) is 0 Å². The Morgan fingerprint density at radius 2 is 1.90 bits per heavy atom. The Balaban J connectivity index is 1.77. The number of ether oxygens (including phenoxy) is 1. The quantitative estimate of drug-likeness (QED) is 0.894. The fraction of sp³-hybridized carbons (Fsp3) is 0.333. The average molecular weight is 346 g/mol. The van der Waals surface area contributed by atoms with Gasteiger partial charge in [-0.3, -0.25) is 0 Å². The SMILES string of the molecule is CC1(C)Cc2cc(C(N)Cc3ccc(Br)cc3)ccc2O1. The van der Waals surface area contributed by atoms with Gasteiger partial charge in [-0.05, 0) is 55.2 Å². The van der Waals surface area contributed by atoms with Gasteiger partial charge in [0, 0.05) is 16.9 Å². The van der Waals surface area contributed by atoms with E-state index in [2.05, 4.69) is 72.2 Å². The van der Waals surface area contributed by atoms with Crippen molar-refractivity contribution in [1.29, 1.82) is 0 Å². The molecule has 0 radical (unpaired) electrons. The second-order valence-corrected chi connectivity index (χ2v) is 7.26. The number of fused-ring (bicyclic) bond motifs is 1. The van der Waals surface area contributed by atoms with Crippen molar-refractivity contribution in [2.75, 3.05) is 0 Å². The number of nitrogens with two attached hydrogens (primary N) is 1. The molecule has 21 heavy (non-hydrogen) atoms. The summed E-state index contributed by atoms with van der Waals surface area (Å²) in [6.07, 6.45) is 1.79. The molecule has 0 aliphatic carbocycles. The van der Waals surface area contributed by atoms with Crippen molar-refractivity contribution in [3.8, 4) is 5.75 Å². The standard InChI is InChI=1S/C18H20BrNO/c1-18(2)11-14-10-13(5-8-17(14)21-18)16(20)9-12-3-6-15(19)7-4-12/h3-8,10,16H,9,11,20H2,1-2H3. The van der Waals surface area contributed by atoms with Crippen molar-refractivity contribution in [1.82, 2.24) is 0 Å². The Bertz CT molecular complexity index is 649. The topological polar surface area (TPSA) is 35.2 Å². The molecule has 1 aliphatic heterocycles. The molecule has 0 fully saturated rings. The zero-order chi connectivity index (χ0) is 15.0. The summed E-state index contributed by atoms with van der Waals surface area (Å²) in [6.45, 7) is 4.24. The zero-order valence-electron chi connectivity index (χ0n) is 12.4. The molecule has 0 aromatic heterocycles. The second kappa shape index (κ2) is 5.47. The molecule has 3 rings (SSSR count). The highest BCUT2D eigenvalue weighted by molar-refractivity contribution is 9.10. The molecule has 110 valence electrons. The molecular formula is C18H20BrNO. The maximum Gasteiger partial charge on any atom is 0.123 e. The van der Waals surface area contributed by atoms with Gasteiger partial charge in [0.1, 0.15) is 11.4 Å². The first kappa shape index (κ1) is 14.6. The predicted octanol–water partition coefficient (Wildman–Crippen LogP) is 4.41. The van der Waals surface area contributed by atoms with Crippen LogP contribution in [0.15, 0.2) is 46.9 Å². The van der Waals surface area contributed by atoms with E-state index in [0.717, 1.165) is 23.1 Å². The molecule has 2 aromatic rings. The molecule has 2 N–H and O–H groups in total. The van der Waals surface area contributed by atoms with Crippen LogP contribution in [0.1, 0.15) is 36.6 Å². The molecule has 2 aromatic carbocycles. The molecule has 1 unspecified atom stereocenters. The Kier molecular flexibility index (Phi) is 3.80. The van der Waals surface area contributed by atoms with Crippen LogP contribution < -0.4 is 10.5 Å². The van der Waals surface area contributed by atoms with E-state index < -0.39 is 0 Å². The molecule has 2 nitrogen and oxygen atoms in total. The van der Waals surface area contributed by atoms with E-state index in [0.29, 0.717) is 0 Å². The maximum absolute atomic E-state index is 6.37. The minimum Gasteiger partial charge on any atom is -0.487 e. The Labute approximate surface area is 134 Å². The van der Waals surface area contributed by atoms with Gasteiger partial charge in [0.15, 0.2) is 0 Å². The zero-order valence-corrected chi connectivity index (χ0v) is 14.0. The molecule has 0 bridgehead atoms. The van der Waals surface area contributed by atoms with Gasteiger partial charge in [-0.1, -0.05) is 40.2 Å². The minimum atomic E-state index is -0.100. The van der Waals surface area contributed by atoms with Gasteiger partial charge in [0.25, 0.3) is 0 Å². The summed E-state index contributed by atoms with van der Waals surface area (Å²) in [5.41, 5.74) is 9.97. The van der Waals surface area contributed by atoms with Gasteiger partial charge in [0.05, 0.1) is 0 Å². The third kappa shape index (κ3) is 3.30. The van der Waals surface area contributed by atoms with Crippen LogP contribution in [-0.4, -0.2) is 5.60 Å². The largest absolute Gasteiger partial charge is 0.487 e. The first-order valence-electron chi connectivity index (χ1n) is 7.25. The first-order valence-corrected chi connectivity index (χ1v) is 8.04. The van der Waals surface area contributed by atoms with E-state index in [4.69, 9.17) is 10.5 Å². The third-order valence-electron chi connectivity index (χ3n) is 3.88. The summed E-state index contributed by atoms with van der Waals surface area (Å²) in [6, 6.07) is 14.7. The van der Waals surface area contributed by atoms with Crippen LogP contribution >= 0.6 is 15.9 Å². The van der Waals surface area contributed by atoms with Crippen LogP contribution in [0, 0.1) is 0 Å². The molecule has 0 saturated heterocycles. The van der Waals surface area contributed by atoms with Gasteiger partial charge in [-0.25, -0.2) is 0 Å². The lowest BCUT2D eigenvalue weighted by atomic mass is 9.95. The smallest absolute Gasteiger partial charge is 0.123 e. The second-order valence-electron chi connectivity index (χ2n) is 6.34. The number of benzene rings is 2. The van der Waals surface area contributed by atoms with Crippen LogP contribution in [0.3, 0.4) is 0 Å². The van der Waals surface area contributed by atoms with Crippen LogP contribution in [0.25, 0.3) is 0 Å². The predicted molar refractivity (Wildman–Crippen MR) is 89.6 cm³/mol. The molecule has 0 saturated carbocycles. The fourth-order valence-electron chi connectivity index (χ4n) is 2.85. The summed E-state index contributed by atoms with van der Waals surface area (Å²) in [7, 11) is 0. The summed E-state index contributed by atoms with van der Waals surface area (Å²) < 4.78 is 7.01. The van der Waals surface area contributed by atoms with Gasteiger partial charge < -0.3 is 10.5 Å². The monoisotopic (exact) mass is 345 g/mol. The van der Waals surface area contributed by atoms with E-state index in [9.17, 15) is 0 Å². The highest BCUT2D eigenvalue weighted by atomic mass is 79.9. The molecule has 1 heterocycles. The number of hydrogen-bond acceptors (Lipinski definition) is 2. The molecule has 0 amide bonds. The van der Waals surface area contributed by atoms with Crippen molar-refractivity contribution in [2.45, 2.75) is 38.3 Å². The summed E-state index contributed by atoms with van der Waals surface area (Å²) >= 11 is 3.46. The van der Waals surface area contributed by atoms with E-state index in [1.54, 1.807) is 0 Å². The van der Waals surface area contributed by atoms with Crippen LogP contribution in [-0.2, 0) is 12.8 Å². The molecule has 0 spiro atoms. The minimum absolute atomic E-state index is 0.0141. The Morgan fingerprint density at radius 3 is 2.62 bits per heavy atom. The van der Waals surface area contributed by atoms with Crippen LogP contribution in [0.5, 0.6) is 5.75 Å². The van der Waals surface area contributed by atoms with Crippen molar-refractivity contribution >= 4 is 15.9 Å². The molecular weight excluding hydrogens is 326 g/mol. The fourth-order valence-corrected chi connectivity index (χ4v) is 3.12. The highest BCUT2D eigenvalue weighted by Crippen LogP contribution is 2.36. The van der Waals surface area contributed by atoms with Crippen molar-refractivity contribution in [2.24, 2.45) is 5.73 Å². The van der Waals surface area contributed by atoms with Crippen LogP contribution in [0.4, 0.5) is 0 Å². The summed E-state index contributed by atoms with van der Waals surface area (Å²) in [4.78, 5) is 0. The van der Waals surface area contributed by atoms with E-state index in [1.165, 1.54) is 16.7 Å². The lowest BCUT2D eigenvalue weighted by molar-refractivity contribution is 0.138. The normalized spacial score (nSPS) is 17.1. The summed E-state index contributed by atoms with van der Waals surface area (Å²) in [5, 5.41) is 0. The lowest BCUT2D eigenvalue weighted by Gasteiger charge is -2.16. The van der Waals surface area contributed by atoms with E-state index in [-0.39, 0.29) is 11.6 Å². The Hall–Kier alpha value is -1.32. The third-order valence-corrected chi connectivity index (χ3v) is 4.41. The van der Waals surface area contributed by atoms with E-state index in [1.807, 2.05) is 0 Å². The first-order chi connectivity index (χ1) is 9.93. The van der Waals surface area contributed by atoms with Crippen molar-refractivity contribution < 1.29 is 4.74 Å². The maximum atomic E-state index is 6.37. The molecule has 3 heteroatoms. The average Bonchev–Trinajstić information content (AvgIpc) is 2.74. The lowest BCUT2D eigenvalue weighted by Crippen LogP contribution is -2.24. The number of halogens is 1. The summed E-state index contributed by atoms with van der Waals surface area (Å²) in [5.74, 6) is 1.000. The van der Waals surface area contributed by atoms with Gasteiger partial charge in [-0.2, -0.15) is 0 Å².